The lowest BCUT2D eigenvalue weighted by atomic mass is 10.2. The van der Waals surface area contributed by atoms with E-state index in [0.717, 1.165) is 26.2 Å². The van der Waals surface area contributed by atoms with Crippen molar-refractivity contribution < 1.29 is 10.0 Å². The van der Waals surface area contributed by atoms with Crippen LogP contribution in [0.1, 0.15) is 0 Å². The SMILES string of the molecule is [CH2-][NH+]1CCN(c2ccc(O)cc2)CC1. The zero-order valence-electron chi connectivity index (χ0n) is 8.24. The molecule has 1 aliphatic heterocycles. The van der Waals surface area contributed by atoms with E-state index in [1.165, 1.54) is 10.6 Å². The second-order valence-corrected chi connectivity index (χ2v) is 3.75. The maximum absolute atomic E-state index is 9.16. The largest absolute Gasteiger partial charge is 0.508 e. The lowest BCUT2D eigenvalue weighted by molar-refractivity contribution is -0.854. The fraction of sp³-hybridized carbons (Fsp3) is 0.364. The number of aromatic hydroxyl groups is 1. The topological polar surface area (TPSA) is 27.9 Å². The highest BCUT2D eigenvalue weighted by molar-refractivity contribution is 5.48. The van der Waals surface area contributed by atoms with E-state index in [1.807, 2.05) is 12.1 Å². The Labute approximate surface area is 84.6 Å². The van der Waals surface area contributed by atoms with Gasteiger partial charge >= 0.3 is 0 Å². The minimum absolute atomic E-state index is 0.329. The van der Waals surface area contributed by atoms with Gasteiger partial charge in [-0.2, -0.15) is 7.05 Å². The van der Waals surface area contributed by atoms with Crippen molar-refractivity contribution in [3.05, 3.63) is 31.3 Å². The fourth-order valence-electron chi connectivity index (χ4n) is 1.74. The molecule has 1 saturated heterocycles. The molecule has 14 heavy (non-hydrogen) atoms. The van der Waals surface area contributed by atoms with Crippen molar-refractivity contribution >= 4 is 5.69 Å². The average molecular weight is 192 g/mol. The summed E-state index contributed by atoms with van der Waals surface area (Å²) in [4.78, 5) is 3.67. The molecule has 0 aliphatic carbocycles. The van der Waals surface area contributed by atoms with Gasteiger partial charge in [0.15, 0.2) is 0 Å². The van der Waals surface area contributed by atoms with Gasteiger partial charge in [-0.25, -0.2) is 0 Å². The molecule has 76 valence electrons. The molecule has 2 rings (SSSR count). The van der Waals surface area contributed by atoms with Gasteiger partial charge in [0.25, 0.3) is 0 Å². The molecule has 0 spiro atoms. The van der Waals surface area contributed by atoms with Gasteiger partial charge < -0.3 is 14.9 Å². The molecule has 2 N–H and O–H groups in total. The van der Waals surface area contributed by atoms with E-state index in [2.05, 4.69) is 11.9 Å². The molecule has 0 aromatic heterocycles. The molecule has 1 aromatic carbocycles. The number of anilines is 1. The van der Waals surface area contributed by atoms with Crippen LogP contribution in [0.2, 0.25) is 0 Å². The summed E-state index contributed by atoms with van der Waals surface area (Å²) in [5, 5.41) is 9.16. The van der Waals surface area contributed by atoms with Crippen LogP contribution in [0.5, 0.6) is 5.75 Å². The normalized spacial score (nSPS) is 18.5. The minimum atomic E-state index is 0.329. The van der Waals surface area contributed by atoms with E-state index < -0.39 is 0 Å². The van der Waals surface area contributed by atoms with Gasteiger partial charge in [-0.15, -0.1) is 0 Å². The highest BCUT2D eigenvalue weighted by Crippen LogP contribution is 2.17. The van der Waals surface area contributed by atoms with Gasteiger partial charge in [0.2, 0.25) is 0 Å². The summed E-state index contributed by atoms with van der Waals surface area (Å²) in [6.07, 6.45) is 0. The first kappa shape index (κ1) is 9.34. The first-order valence-electron chi connectivity index (χ1n) is 4.96. The average Bonchev–Trinajstić information content (AvgIpc) is 2.21. The highest BCUT2D eigenvalue weighted by atomic mass is 16.3. The lowest BCUT2D eigenvalue weighted by Gasteiger charge is -2.35. The molecule has 0 saturated carbocycles. The molecule has 3 nitrogen and oxygen atoms in total. The number of nitrogens with one attached hydrogen (secondary N) is 1. The Morgan fingerprint density at radius 3 is 2.29 bits per heavy atom. The van der Waals surface area contributed by atoms with E-state index in [9.17, 15) is 0 Å². The predicted octanol–water partition coefficient (Wildman–Crippen LogP) is -0.111. The summed E-state index contributed by atoms with van der Waals surface area (Å²) < 4.78 is 0. The Morgan fingerprint density at radius 1 is 1.14 bits per heavy atom. The van der Waals surface area contributed by atoms with Crippen LogP contribution in [0.25, 0.3) is 0 Å². The van der Waals surface area contributed by atoms with Gasteiger partial charge in [-0.3, -0.25) is 0 Å². The number of phenolic OH excluding ortho intramolecular Hbond substituents is 1. The maximum atomic E-state index is 9.16. The fourth-order valence-corrected chi connectivity index (χ4v) is 1.74. The summed E-state index contributed by atoms with van der Waals surface area (Å²) >= 11 is 0. The summed E-state index contributed by atoms with van der Waals surface area (Å²) in [6, 6.07) is 7.39. The van der Waals surface area contributed by atoms with Gasteiger partial charge in [0, 0.05) is 5.69 Å². The first-order chi connectivity index (χ1) is 6.75. The molecule has 0 radical (unpaired) electrons. The Hall–Kier alpha value is -1.22. The molecule has 0 amide bonds. The van der Waals surface area contributed by atoms with Crippen molar-refractivity contribution in [3.8, 4) is 5.75 Å². The van der Waals surface area contributed by atoms with Crippen LogP contribution >= 0.6 is 0 Å². The van der Waals surface area contributed by atoms with Crippen molar-refractivity contribution in [2.24, 2.45) is 0 Å². The third-order valence-corrected chi connectivity index (χ3v) is 2.69. The van der Waals surface area contributed by atoms with Crippen LogP contribution in [0, 0.1) is 7.05 Å². The molecule has 3 heteroatoms. The van der Waals surface area contributed by atoms with Gasteiger partial charge in [-0.1, -0.05) is 0 Å². The van der Waals surface area contributed by atoms with Crippen molar-refractivity contribution in [1.82, 2.24) is 0 Å². The molecule has 1 fully saturated rings. The minimum Gasteiger partial charge on any atom is -0.508 e. The summed E-state index contributed by atoms with van der Waals surface area (Å²) in [6.45, 7) is 4.26. The zero-order chi connectivity index (χ0) is 9.97. The van der Waals surface area contributed by atoms with Crippen LogP contribution in [0.15, 0.2) is 24.3 Å². The second-order valence-electron chi connectivity index (χ2n) is 3.75. The second kappa shape index (κ2) is 3.88. The quantitative estimate of drug-likeness (QED) is 0.608. The standard InChI is InChI=1S/C11H16N2O/c1-12-6-8-13(9-7-12)10-2-4-11(14)5-3-10/h2-5,12,14H,1,6-9H2. The third-order valence-electron chi connectivity index (χ3n) is 2.69. The third kappa shape index (κ3) is 1.99. The molecule has 1 heterocycles. The monoisotopic (exact) mass is 192 g/mol. The molecule has 1 aliphatic rings. The Bertz CT molecular complexity index is 289. The molecule has 0 unspecified atom stereocenters. The van der Waals surface area contributed by atoms with Gasteiger partial charge in [-0.05, 0) is 24.3 Å². The van der Waals surface area contributed by atoms with Crippen molar-refractivity contribution in [2.45, 2.75) is 0 Å². The summed E-state index contributed by atoms with van der Waals surface area (Å²) in [5.74, 6) is 0.329. The summed E-state index contributed by atoms with van der Waals surface area (Å²) in [5.41, 5.74) is 1.19. The smallest absolute Gasteiger partial charge is 0.115 e. The zero-order valence-corrected chi connectivity index (χ0v) is 8.24. The Kier molecular flexibility index (Phi) is 2.59. The van der Waals surface area contributed by atoms with Crippen molar-refractivity contribution in [2.75, 3.05) is 31.1 Å². The molecule has 1 aromatic rings. The van der Waals surface area contributed by atoms with Crippen LogP contribution in [0.4, 0.5) is 5.69 Å². The van der Waals surface area contributed by atoms with Gasteiger partial charge in [0.05, 0.1) is 26.2 Å². The Balaban J connectivity index is 2.05. The van der Waals surface area contributed by atoms with E-state index in [0.29, 0.717) is 5.75 Å². The number of hydrogen-bond acceptors (Lipinski definition) is 2. The number of rotatable bonds is 1. The number of hydrogen-bond donors (Lipinski definition) is 2. The first-order valence-corrected chi connectivity index (χ1v) is 4.96. The van der Waals surface area contributed by atoms with Crippen LogP contribution < -0.4 is 9.80 Å². The van der Waals surface area contributed by atoms with Crippen LogP contribution in [-0.4, -0.2) is 31.3 Å². The molecule has 0 bridgehead atoms. The number of quaternary nitrogens is 1. The van der Waals surface area contributed by atoms with E-state index in [4.69, 9.17) is 5.11 Å². The van der Waals surface area contributed by atoms with E-state index in [1.54, 1.807) is 12.1 Å². The van der Waals surface area contributed by atoms with Gasteiger partial charge in [0.1, 0.15) is 5.75 Å². The number of benzene rings is 1. The number of piperazine rings is 1. The van der Waals surface area contributed by atoms with E-state index in [-0.39, 0.29) is 0 Å². The predicted molar refractivity (Wildman–Crippen MR) is 56.4 cm³/mol. The molecular formula is C11H16N2O. The van der Waals surface area contributed by atoms with E-state index >= 15 is 0 Å². The van der Waals surface area contributed by atoms with Crippen LogP contribution in [0.3, 0.4) is 0 Å². The number of phenols is 1. The highest BCUT2D eigenvalue weighted by Gasteiger charge is 2.13. The Morgan fingerprint density at radius 2 is 1.71 bits per heavy atom. The summed E-state index contributed by atoms with van der Waals surface area (Å²) in [7, 11) is 3.99. The van der Waals surface area contributed by atoms with Crippen molar-refractivity contribution in [3.63, 3.8) is 0 Å². The lowest BCUT2D eigenvalue weighted by Crippen LogP contribution is -3.10. The van der Waals surface area contributed by atoms with Crippen LogP contribution in [-0.2, 0) is 0 Å². The number of nitrogens with zero attached hydrogens (tertiary/aromatic N) is 1. The molecular weight excluding hydrogens is 176 g/mol. The maximum Gasteiger partial charge on any atom is 0.115 e. The van der Waals surface area contributed by atoms with Crippen molar-refractivity contribution in [1.29, 1.82) is 0 Å². The molecule has 0 atom stereocenters.